The number of halogens is 1. The summed E-state index contributed by atoms with van der Waals surface area (Å²) in [5, 5.41) is 15.5. The van der Waals surface area contributed by atoms with Gasteiger partial charge in [-0.1, -0.05) is 30.4 Å². The number of anilines is 1. The van der Waals surface area contributed by atoms with Crippen LogP contribution in [0.5, 0.6) is 5.75 Å². The zero-order valence-electron chi connectivity index (χ0n) is 29.5. The van der Waals surface area contributed by atoms with Crippen molar-refractivity contribution in [1.82, 2.24) is 9.61 Å². The summed E-state index contributed by atoms with van der Waals surface area (Å²) >= 11 is 0. The van der Waals surface area contributed by atoms with E-state index < -0.39 is 17.7 Å². The van der Waals surface area contributed by atoms with E-state index in [4.69, 9.17) is 19.3 Å². The van der Waals surface area contributed by atoms with Crippen LogP contribution in [0.25, 0.3) is 27.9 Å². The summed E-state index contributed by atoms with van der Waals surface area (Å²) < 4.78 is 34.7. The quantitative estimate of drug-likeness (QED) is 0.142. The second-order valence-corrected chi connectivity index (χ2v) is 14.1. The molecule has 1 fully saturated rings. The lowest BCUT2D eigenvalue weighted by Gasteiger charge is -2.41. The Balaban J connectivity index is 1.62. The molecule has 0 spiro atoms. The zero-order chi connectivity index (χ0) is 35.5. The highest BCUT2D eigenvalue weighted by Gasteiger charge is 2.37. The molecule has 0 saturated carbocycles. The standard InChI is InChI=1S/C40H48FN3O5/c1-9-12-27(4)48-34-23-30(41)15-16-31(34)28-13-11-14-29(22-28)32-24-33-36(43-19-17-40(8,18-20-43)47-21-10-2)35(26(3)25-44(33)42-32)37(38(45)46)49-39(5,6)7/h9-11,13-16,22-25,27,37H,1-2,12,17-21H2,3-8H3,(H,45,46). The normalized spacial score (nSPS) is 15.9. The van der Waals surface area contributed by atoms with Crippen molar-refractivity contribution in [3.05, 3.63) is 97.0 Å². The molecule has 0 bridgehead atoms. The van der Waals surface area contributed by atoms with Gasteiger partial charge in [0.1, 0.15) is 11.6 Å². The van der Waals surface area contributed by atoms with Crippen molar-refractivity contribution in [3.8, 4) is 28.1 Å². The summed E-state index contributed by atoms with van der Waals surface area (Å²) in [6, 6.07) is 14.5. The number of aromatic nitrogens is 2. The molecule has 2 unspecified atom stereocenters. The highest BCUT2D eigenvalue weighted by Crippen LogP contribution is 2.42. The Labute approximate surface area is 288 Å². The fourth-order valence-corrected chi connectivity index (χ4v) is 6.42. The second kappa shape index (κ2) is 14.6. The Kier molecular flexibility index (Phi) is 10.6. The van der Waals surface area contributed by atoms with Gasteiger partial charge in [-0.3, -0.25) is 0 Å². The van der Waals surface area contributed by atoms with Crippen molar-refractivity contribution in [2.75, 3.05) is 24.6 Å². The van der Waals surface area contributed by atoms with Gasteiger partial charge in [0.2, 0.25) is 0 Å². The minimum absolute atomic E-state index is 0.173. The molecule has 5 rings (SSSR count). The molecular weight excluding hydrogens is 621 g/mol. The van der Waals surface area contributed by atoms with Crippen LogP contribution in [0.15, 0.2) is 80.0 Å². The lowest BCUT2D eigenvalue weighted by atomic mass is 9.91. The van der Waals surface area contributed by atoms with Gasteiger partial charge < -0.3 is 24.2 Å². The van der Waals surface area contributed by atoms with Crippen molar-refractivity contribution >= 4 is 17.2 Å². The smallest absolute Gasteiger partial charge is 0.337 e. The number of hydrogen-bond acceptors (Lipinski definition) is 6. The van der Waals surface area contributed by atoms with Crippen LogP contribution in [0.3, 0.4) is 0 Å². The van der Waals surface area contributed by atoms with E-state index in [1.165, 1.54) is 12.1 Å². The second-order valence-electron chi connectivity index (χ2n) is 14.1. The molecule has 3 heterocycles. The lowest BCUT2D eigenvalue weighted by Crippen LogP contribution is -2.45. The number of carboxylic acids is 1. The third kappa shape index (κ3) is 8.23. The monoisotopic (exact) mass is 669 g/mol. The maximum Gasteiger partial charge on any atom is 0.337 e. The Hall–Kier alpha value is -4.47. The van der Waals surface area contributed by atoms with E-state index >= 15 is 0 Å². The van der Waals surface area contributed by atoms with Gasteiger partial charge in [-0.15, -0.1) is 13.2 Å². The SMILES string of the molecule is C=CCOC1(C)CCN(c2c(C(OC(C)(C)C)C(=O)O)c(C)cn3nc(-c4cccc(-c5ccc(F)cc5OC(C)CC=C)c4)cc23)CC1. The molecular formula is C40H48FN3O5. The summed E-state index contributed by atoms with van der Waals surface area (Å²) in [7, 11) is 0. The largest absolute Gasteiger partial charge is 0.490 e. The van der Waals surface area contributed by atoms with Crippen LogP contribution >= 0.6 is 0 Å². The molecule has 2 aromatic heterocycles. The molecule has 49 heavy (non-hydrogen) atoms. The average molecular weight is 670 g/mol. The minimum Gasteiger partial charge on any atom is -0.490 e. The van der Waals surface area contributed by atoms with Gasteiger partial charge in [0.25, 0.3) is 0 Å². The van der Waals surface area contributed by atoms with Crippen LogP contribution in [-0.2, 0) is 14.3 Å². The molecule has 9 heteroatoms. The molecule has 1 aliphatic heterocycles. The maximum absolute atomic E-state index is 14.3. The number of pyridine rings is 1. The number of ether oxygens (including phenoxy) is 3. The van der Waals surface area contributed by atoms with Gasteiger partial charge in [0, 0.05) is 48.5 Å². The third-order valence-corrected chi connectivity index (χ3v) is 8.86. The number of fused-ring (bicyclic) bond motifs is 1. The predicted molar refractivity (Wildman–Crippen MR) is 193 cm³/mol. The number of aliphatic carboxylic acids is 1. The van der Waals surface area contributed by atoms with Crippen LogP contribution in [0, 0.1) is 12.7 Å². The van der Waals surface area contributed by atoms with Crippen molar-refractivity contribution < 1.29 is 28.5 Å². The lowest BCUT2D eigenvalue weighted by molar-refractivity contribution is -0.160. The first-order chi connectivity index (χ1) is 23.2. The fourth-order valence-electron chi connectivity index (χ4n) is 6.42. The van der Waals surface area contributed by atoms with Gasteiger partial charge in [0.05, 0.1) is 40.8 Å². The maximum atomic E-state index is 14.3. The molecule has 1 aliphatic rings. The highest BCUT2D eigenvalue weighted by molar-refractivity contribution is 5.87. The topological polar surface area (TPSA) is 85.5 Å². The summed E-state index contributed by atoms with van der Waals surface area (Å²) in [6.07, 6.45) is 6.20. The third-order valence-electron chi connectivity index (χ3n) is 8.86. The van der Waals surface area contributed by atoms with Gasteiger partial charge in [-0.05, 0) is 89.8 Å². The van der Waals surface area contributed by atoms with Crippen molar-refractivity contribution in [2.24, 2.45) is 0 Å². The molecule has 2 aromatic carbocycles. The van der Waals surface area contributed by atoms with Gasteiger partial charge in [0.15, 0.2) is 6.10 Å². The van der Waals surface area contributed by atoms with E-state index in [1.54, 1.807) is 18.2 Å². The van der Waals surface area contributed by atoms with Gasteiger partial charge in [-0.25, -0.2) is 13.7 Å². The van der Waals surface area contributed by atoms with Crippen LogP contribution in [-0.4, -0.2) is 57.7 Å². The molecule has 1 N–H and O–H groups in total. The molecule has 260 valence electrons. The Morgan fingerprint density at radius 1 is 1.10 bits per heavy atom. The number of carbonyl (C=O) groups is 1. The average Bonchev–Trinajstić information content (AvgIpc) is 3.46. The first kappa shape index (κ1) is 35.8. The van der Waals surface area contributed by atoms with Gasteiger partial charge in [-0.2, -0.15) is 5.10 Å². The van der Waals surface area contributed by atoms with E-state index in [0.29, 0.717) is 43.1 Å². The number of benzene rings is 2. The Morgan fingerprint density at radius 2 is 1.82 bits per heavy atom. The van der Waals surface area contributed by atoms with Crippen molar-refractivity contribution in [1.29, 1.82) is 0 Å². The van der Waals surface area contributed by atoms with Crippen molar-refractivity contribution in [2.45, 2.75) is 84.2 Å². The summed E-state index contributed by atoms with van der Waals surface area (Å²) in [5.41, 5.74) is 5.13. The van der Waals surface area contributed by atoms with E-state index in [0.717, 1.165) is 46.3 Å². The van der Waals surface area contributed by atoms with Crippen LogP contribution < -0.4 is 9.64 Å². The molecule has 1 saturated heterocycles. The van der Waals surface area contributed by atoms with Crippen LogP contribution in [0.4, 0.5) is 10.1 Å². The predicted octanol–water partition coefficient (Wildman–Crippen LogP) is 8.96. The molecule has 0 radical (unpaired) electrons. The Bertz CT molecular complexity index is 1830. The molecule has 8 nitrogen and oxygen atoms in total. The van der Waals surface area contributed by atoms with Gasteiger partial charge >= 0.3 is 5.97 Å². The van der Waals surface area contributed by atoms with E-state index in [9.17, 15) is 14.3 Å². The summed E-state index contributed by atoms with van der Waals surface area (Å²) in [6.45, 7) is 20.9. The zero-order valence-corrected chi connectivity index (χ0v) is 29.5. The van der Waals surface area contributed by atoms with E-state index in [-0.39, 0.29) is 17.5 Å². The number of rotatable bonds is 13. The minimum atomic E-state index is -1.19. The molecule has 0 aliphatic carbocycles. The number of aryl methyl sites for hydroxylation is 1. The number of carboxylic acid groups (broad SMARTS) is 1. The van der Waals surface area contributed by atoms with Crippen molar-refractivity contribution in [3.63, 3.8) is 0 Å². The number of piperidine rings is 1. The highest BCUT2D eigenvalue weighted by atomic mass is 19.1. The number of hydrogen-bond donors (Lipinski definition) is 1. The van der Waals surface area contributed by atoms with Crippen LogP contribution in [0.1, 0.15) is 71.1 Å². The van der Waals surface area contributed by atoms with Crippen LogP contribution in [0.2, 0.25) is 0 Å². The first-order valence-electron chi connectivity index (χ1n) is 16.8. The fraction of sp³-hybridized carbons (Fsp3) is 0.400. The Morgan fingerprint density at radius 3 is 2.47 bits per heavy atom. The molecule has 2 atom stereocenters. The molecule has 4 aromatic rings. The number of nitrogens with zero attached hydrogens (tertiary/aromatic N) is 3. The summed E-state index contributed by atoms with van der Waals surface area (Å²) in [5.74, 6) is -0.969. The van der Waals surface area contributed by atoms with E-state index in [1.807, 2.05) is 75.7 Å². The van der Waals surface area contributed by atoms with E-state index in [2.05, 4.69) is 25.0 Å². The summed E-state index contributed by atoms with van der Waals surface area (Å²) in [4.78, 5) is 15.1. The first-order valence-corrected chi connectivity index (χ1v) is 16.8. The molecule has 0 amide bonds.